The van der Waals surface area contributed by atoms with E-state index in [1.165, 1.54) is 36.5 Å². The van der Waals surface area contributed by atoms with Crippen molar-refractivity contribution in [2.75, 3.05) is 13.2 Å². The standard InChI is InChI=1S/C25H27FNO6PS/c1-4-13-31-24(28)17(3)27-34(30,33-20-9-7-6-8-10-20)23(26)18-11-12-21-19(15-18)16-22(35-21)25(29)32-14-5-2/h5-12,15-17,23H,2,4,13-14H2,1,3H3,(H,27,30)/t17-,23-,34?/m0/s1. The predicted octanol–water partition coefficient (Wildman–Crippen LogP) is 6.42. The zero-order valence-corrected chi connectivity index (χ0v) is 21.2. The maximum absolute atomic E-state index is 15.9. The minimum atomic E-state index is -4.32. The predicted molar refractivity (Wildman–Crippen MR) is 135 cm³/mol. The van der Waals surface area contributed by atoms with E-state index in [9.17, 15) is 14.2 Å². The van der Waals surface area contributed by atoms with Crippen LogP contribution in [0.15, 0.2) is 67.3 Å². The van der Waals surface area contributed by atoms with Gasteiger partial charge in [0, 0.05) is 4.70 Å². The average molecular weight is 520 g/mol. The van der Waals surface area contributed by atoms with Crippen molar-refractivity contribution in [1.82, 2.24) is 5.09 Å². The first-order chi connectivity index (χ1) is 16.8. The van der Waals surface area contributed by atoms with Crippen LogP contribution in [0.2, 0.25) is 0 Å². The molecule has 35 heavy (non-hydrogen) atoms. The lowest BCUT2D eigenvalue weighted by molar-refractivity contribution is -0.145. The lowest BCUT2D eigenvalue weighted by Gasteiger charge is -2.26. The molecule has 0 aliphatic rings. The Balaban J connectivity index is 1.91. The highest BCUT2D eigenvalue weighted by molar-refractivity contribution is 7.57. The highest BCUT2D eigenvalue weighted by atomic mass is 32.1. The smallest absolute Gasteiger partial charge is 0.355 e. The Bertz CT molecular complexity index is 1230. The maximum Gasteiger partial charge on any atom is 0.355 e. The summed E-state index contributed by atoms with van der Waals surface area (Å²) in [7, 11) is -4.32. The van der Waals surface area contributed by atoms with Crippen molar-refractivity contribution in [2.45, 2.75) is 32.2 Å². The van der Waals surface area contributed by atoms with Gasteiger partial charge in [-0.15, -0.1) is 11.3 Å². The van der Waals surface area contributed by atoms with Gasteiger partial charge in [-0.3, -0.25) is 9.36 Å². The van der Waals surface area contributed by atoms with Crippen LogP contribution in [0.25, 0.3) is 10.1 Å². The molecule has 2 aromatic carbocycles. The van der Waals surface area contributed by atoms with Crippen LogP contribution in [0.1, 0.15) is 41.4 Å². The van der Waals surface area contributed by atoms with Crippen molar-refractivity contribution in [1.29, 1.82) is 0 Å². The second-order valence-corrected chi connectivity index (χ2v) is 10.8. The van der Waals surface area contributed by atoms with Crippen molar-refractivity contribution < 1.29 is 32.5 Å². The Morgan fingerprint density at radius 3 is 2.60 bits per heavy atom. The largest absolute Gasteiger partial charge is 0.465 e. The van der Waals surface area contributed by atoms with E-state index in [4.69, 9.17) is 14.0 Å². The van der Waals surface area contributed by atoms with Gasteiger partial charge in [0.1, 0.15) is 23.3 Å². The van der Waals surface area contributed by atoms with Crippen molar-refractivity contribution in [2.24, 2.45) is 0 Å². The molecule has 3 aromatic rings. The summed E-state index contributed by atoms with van der Waals surface area (Å²) in [4.78, 5) is 24.8. The molecule has 1 aromatic heterocycles. The van der Waals surface area contributed by atoms with Crippen molar-refractivity contribution in [3.8, 4) is 5.75 Å². The Hall–Kier alpha value is -3.00. The van der Waals surface area contributed by atoms with Crippen LogP contribution in [0.5, 0.6) is 5.75 Å². The second kappa shape index (κ2) is 12.1. The first-order valence-corrected chi connectivity index (χ1v) is 13.5. The van der Waals surface area contributed by atoms with Gasteiger partial charge in [0.05, 0.1) is 6.61 Å². The van der Waals surface area contributed by atoms with Crippen LogP contribution >= 0.6 is 18.9 Å². The summed E-state index contributed by atoms with van der Waals surface area (Å²) in [6.07, 6.45) is 2.08. The van der Waals surface area contributed by atoms with Crippen LogP contribution < -0.4 is 9.61 Å². The summed E-state index contributed by atoms with van der Waals surface area (Å²) in [6, 6.07) is 13.3. The third-order valence-corrected chi connectivity index (χ3v) is 8.03. The van der Waals surface area contributed by atoms with Crippen molar-refractivity contribution in [3.63, 3.8) is 0 Å². The van der Waals surface area contributed by atoms with E-state index in [-0.39, 0.29) is 24.5 Å². The molecule has 3 rings (SSSR count). The Kier molecular flexibility index (Phi) is 9.20. The number of nitrogens with one attached hydrogen (secondary N) is 1. The van der Waals surface area contributed by atoms with Gasteiger partial charge in [-0.05, 0) is 54.6 Å². The quantitative estimate of drug-likeness (QED) is 0.168. The number of thiophene rings is 1. The molecule has 7 nitrogen and oxygen atoms in total. The highest BCUT2D eigenvalue weighted by Crippen LogP contribution is 2.58. The van der Waals surface area contributed by atoms with E-state index < -0.39 is 31.4 Å². The van der Waals surface area contributed by atoms with Crippen molar-refractivity contribution >= 4 is 40.9 Å². The van der Waals surface area contributed by atoms with E-state index in [2.05, 4.69) is 11.7 Å². The molecule has 0 saturated carbocycles. The van der Waals surface area contributed by atoms with Gasteiger partial charge in [-0.2, -0.15) is 0 Å². The molecule has 186 valence electrons. The molecule has 10 heteroatoms. The first kappa shape index (κ1) is 26.6. The molecule has 0 aliphatic heterocycles. The molecule has 0 amide bonds. The van der Waals surface area contributed by atoms with E-state index in [1.54, 1.807) is 42.5 Å². The number of hydrogen-bond donors (Lipinski definition) is 1. The van der Waals surface area contributed by atoms with Gasteiger partial charge in [-0.25, -0.2) is 14.3 Å². The van der Waals surface area contributed by atoms with Gasteiger partial charge in [0.15, 0.2) is 0 Å². The molecule has 1 unspecified atom stereocenters. The zero-order chi connectivity index (χ0) is 25.4. The summed E-state index contributed by atoms with van der Waals surface area (Å²) in [5.41, 5.74) is 0.0715. The molecule has 0 saturated heterocycles. The van der Waals surface area contributed by atoms with Crippen LogP contribution in [0, 0.1) is 0 Å². The number of para-hydroxylation sites is 1. The Labute approximate surface area is 207 Å². The van der Waals surface area contributed by atoms with Crippen molar-refractivity contribution in [3.05, 3.63) is 77.7 Å². The minimum absolute atomic E-state index is 0.0715. The van der Waals surface area contributed by atoms with Gasteiger partial charge >= 0.3 is 19.5 Å². The second-order valence-electron chi connectivity index (χ2n) is 7.65. The number of alkyl halides is 1. The monoisotopic (exact) mass is 519 g/mol. The lowest BCUT2D eigenvalue weighted by Crippen LogP contribution is -2.35. The molecule has 1 N–H and O–H groups in total. The van der Waals surface area contributed by atoms with Crippen LogP contribution in [0.3, 0.4) is 0 Å². The fourth-order valence-corrected chi connectivity index (χ4v) is 5.99. The molecule has 0 spiro atoms. The summed E-state index contributed by atoms with van der Waals surface area (Å²) >= 11 is 1.20. The number of carbonyl (C=O) groups excluding carboxylic acids is 2. The van der Waals surface area contributed by atoms with E-state index in [0.717, 1.165) is 4.70 Å². The maximum atomic E-state index is 15.9. The van der Waals surface area contributed by atoms with Crippen LogP contribution in [-0.4, -0.2) is 31.2 Å². The Morgan fingerprint density at radius 2 is 1.91 bits per heavy atom. The number of esters is 2. The van der Waals surface area contributed by atoms with E-state index in [1.807, 2.05) is 6.92 Å². The molecular formula is C25H27FNO6PS. The molecule has 1 heterocycles. The number of ether oxygens (including phenoxy) is 2. The normalized spacial score (nSPS) is 14.5. The topological polar surface area (TPSA) is 90.9 Å². The third kappa shape index (κ3) is 6.78. The van der Waals surface area contributed by atoms with E-state index in [0.29, 0.717) is 16.7 Å². The third-order valence-electron chi connectivity index (χ3n) is 4.81. The summed E-state index contributed by atoms with van der Waals surface area (Å²) in [6.45, 7) is 7.07. The van der Waals surface area contributed by atoms with Gasteiger partial charge in [-0.1, -0.05) is 43.8 Å². The van der Waals surface area contributed by atoms with Crippen LogP contribution in [-0.2, 0) is 18.8 Å². The molecule has 3 atom stereocenters. The zero-order valence-electron chi connectivity index (χ0n) is 19.4. The highest BCUT2D eigenvalue weighted by Gasteiger charge is 2.40. The number of benzene rings is 2. The fourth-order valence-electron chi connectivity index (χ4n) is 3.14. The summed E-state index contributed by atoms with van der Waals surface area (Å²) in [5.74, 6) is -3.09. The average Bonchev–Trinajstić information content (AvgIpc) is 3.29. The minimum Gasteiger partial charge on any atom is -0.465 e. The Morgan fingerprint density at radius 1 is 1.17 bits per heavy atom. The molecule has 0 radical (unpaired) electrons. The molecule has 0 fully saturated rings. The van der Waals surface area contributed by atoms with E-state index >= 15 is 4.39 Å². The number of fused-ring (bicyclic) bond motifs is 1. The number of halogens is 1. The lowest BCUT2D eigenvalue weighted by atomic mass is 10.2. The fraction of sp³-hybridized carbons (Fsp3) is 0.280. The SMILES string of the molecule is C=CCOC(=O)c1cc2cc([C@@H](F)P(=O)(N[C@@H](C)C(=O)OCCC)Oc3ccccc3)ccc2s1. The van der Waals surface area contributed by atoms with Gasteiger partial charge in [0.25, 0.3) is 0 Å². The summed E-state index contributed by atoms with van der Waals surface area (Å²) < 4.78 is 46.3. The molecular weight excluding hydrogens is 492 g/mol. The molecule has 0 bridgehead atoms. The summed E-state index contributed by atoms with van der Waals surface area (Å²) in [5, 5.41) is 3.13. The molecule has 0 aliphatic carbocycles. The number of hydrogen-bond acceptors (Lipinski definition) is 7. The number of rotatable bonds is 12. The van der Waals surface area contributed by atoms with Crippen LogP contribution in [0.4, 0.5) is 4.39 Å². The number of carbonyl (C=O) groups is 2. The van der Waals surface area contributed by atoms with Gasteiger partial charge < -0.3 is 14.0 Å². The van der Waals surface area contributed by atoms with Gasteiger partial charge in [0.2, 0.25) is 5.91 Å². The first-order valence-electron chi connectivity index (χ1n) is 11.0.